The summed E-state index contributed by atoms with van der Waals surface area (Å²) in [6.07, 6.45) is 0.974. The van der Waals surface area contributed by atoms with Crippen molar-refractivity contribution in [3.63, 3.8) is 0 Å². The lowest BCUT2D eigenvalue weighted by Gasteiger charge is -2.15. The van der Waals surface area contributed by atoms with Gasteiger partial charge in [-0.25, -0.2) is 0 Å². The average Bonchev–Trinajstić information content (AvgIpc) is 2.01. The molecule has 0 rings (SSSR count). The molecule has 0 heterocycles. The largest absolute Gasteiger partial charge is 0.271 e. The van der Waals surface area contributed by atoms with Crippen LogP contribution in [-0.2, 0) is 0 Å². The van der Waals surface area contributed by atoms with Gasteiger partial charge in [0.05, 0.1) is 0 Å². The topological polar surface area (TPSA) is 38.0 Å². The van der Waals surface area contributed by atoms with Crippen molar-refractivity contribution in [1.82, 2.24) is 5.43 Å². The first kappa shape index (κ1) is 13.0. The number of hydrogen-bond acceptors (Lipinski definition) is 3. The smallest absolute Gasteiger partial charge is 0.0338 e. The molecule has 0 aromatic carbocycles. The Bertz CT molecular complexity index is 146. The van der Waals surface area contributed by atoms with Gasteiger partial charge in [0.25, 0.3) is 0 Å². The van der Waals surface area contributed by atoms with Crippen molar-refractivity contribution in [2.45, 2.75) is 33.2 Å². The lowest BCUT2D eigenvalue weighted by Crippen LogP contribution is -2.37. The zero-order valence-corrected chi connectivity index (χ0v) is 9.79. The van der Waals surface area contributed by atoms with E-state index in [1.165, 1.54) is 11.3 Å². The van der Waals surface area contributed by atoms with Gasteiger partial charge in [-0.05, 0) is 25.0 Å². The summed E-state index contributed by atoms with van der Waals surface area (Å²) in [6, 6.07) is 0.376. The van der Waals surface area contributed by atoms with Crippen molar-refractivity contribution in [3.05, 3.63) is 12.2 Å². The fraction of sp³-hybridized carbons (Fsp3) is 0.800. The SMILES string of the molecule is C=C(C)CC(CSCC(C)C)NN. The predicted molar refractivity (Wildman–Crippen MR) is 62.7 cm³/mol. The van der Waals surface area contributed by atoms with Crippen LogP contribution >= 0.6 is 11.8 Å². The van der Waals surface area contributed by atoms with E-state index in [4.69, 9.17) is 5.84 Å². The Kier molecular flexibility index (Phi) is 7.42. The van der Waals surface area contributed by atoms with Crippen LogP contribution in [0.4, 0.5) is 0 Å². The lowest BCUT2D eigenvalue weighted by molar-refractivity contribution is 0.573. The normalized spacial score (nSPS) is 13.3. The van der Waals surface area contributed by atoms with Crippen molar-refractivity contribution >= 4 is 11.8 Å². The first-order chi connectivity index (χ1) is 6.06. The molecule has 0 aromatic heterocycles. The highest BCUT2D eigenvalue weighted by molar-refractivity contribution is 7.99. The zero-order valence-electron chi connectivity index (χ0n) is 8.97. The number of nitrogens with one attached hydrogen (secondary N) is 1. The number of hydrogen-bond donors (Lipinski definition) is 2. The maximum atomic E-state index is 5.43. The molecule has 0 aliphatic rings. The van der Waals surface area contributed by atoms with Gasteiger partial charge in [0.15, 0.2) is 0 Å². The van der Waals surface area contributed by atoms with Crippen molar-refractivity contribution < 1.29 is 0 Å². The molecule has 0 spiro atoms. The summed E-state index contributed by atoms with van der Waals surface area (Å²) in [5, 5.41) is 0. The molecule has 2 nitrogen and oxygen atoms in total. The van der Waals surface area contributed by atoms with Gasteiger partial charge >= 0.3 is 0 Å². The van der Waals surface area contributed by atoms with E-state index < -0.39 is 0 Å². The van der Waals surface area contributed by atoms with Crippen LogP contribution in [0, 0.1) is 5.92 Å². The van der Waals surface area contributed by atoms with E-state index in [9.17, 15) is 0 Å². The van der Waals surface area contributed by atoms with E-state index >= 15 is 0 Å². The molecule has 3 heteroatoms. The Morgan fingerprint density at radius 1 is 1.46 bits per heavy atom. The standard InChI is InChI=1S/C10H22N2S/c1-8(2)5-10(12-11)7-13-6-9(3)4/h9-10,12H,1,5-7,11H2,2-4H3. The molecule has 1 unspecified atom stereocenters. The molecule has 0 aliphatic carbocycles. The van der Waals surface area contributed by atoms with Crippen molar-refractivity contribution in [3.8, 4) is 0 Å². The summed E-state index contributed by atoms with van der Waals surface area (Å²) >= 11 is 1.95. The van der Waals surface area contributed by atoms with Crippen LogP contribution in [0.15, 0.2) is 12.2 Å². The molecule has 0 amide bonds. The van der Waals surface area contributed by atoms with Crippen LogP contribution in [-0.4, -0.2) is 17.5 Å². The molecule has 78 valence electrons. The van der Waals surface area contributed by atoms with E-state index in [-0.39, 0.29) is 0 Å². The second-order valence-electron chi connectivity index (χ2n) is 3.96. The molecule has 0 fully saturated rings. The monoisotopic (exact) mass is 202 g/mol. The molecule has 0 saturated carbocycles. The van der Waals surface area contributed by atoms with Crippen LogP contribution in [0.3, 0.4) is 0 Å². The fourth-order valence-electron chi connectivity index (χ4n) is 1.03. The molecule has 13 heavy (non-hydrogen) atoms. The molecule has 0 aliphatic heterocycles. The first-order valence-corrected chi connectivity index (χ1v) is 5.90. The van der Waals surface area contributed by atoms with Gasteiger partial charge < -0.3 is 0 Å². The summed E-state index contributed by atoms with van der Waals surface area (Å²) in [5.74, 6) is 8.46. The highest BCUT2D eigenvalue weighted by Gasteiger charge is 2.06. The van der Waals surface area contributed by atoms with Crippen molar-refractivity contribution in [1.29, 1.82) is 0 Å². The molecular formula is C10H22N2S. The first-order valence-electron chi connectivity index (χ1n) is 4.74. The number of rotatable bonds is 7. The minimum absolute atomic E-state index is 0.376. The van der Waals surface area contributed by atoms with E-state index in [1.807, 2.05) is 18.7 Å². The average molecular weight is 202 g/mol. The van der Waals surface area contributed by atoms with E-state index in [1.54, 1.807) is 0 Å². The minimum atomic E-state index is 0.376. The summed E-state index contributed by atoms with van der Waals surface area (Å²) in [7, 11) is 0. The maximum Gasteiger partial charge on any atom is 0.0338 e. The Hall–Kier alpha value is 0.01000. The van der Waals surface area contributed by atoms with Gasteiger partial charge in [-0.2, -0.15) is 11.8 Å². The van der Waals surface area contributed by atoms with Crippen LogP contribution < -0.4 is 11.3 Å². The van der Waals surface area contributed by atoms with Gasteiger partial charge in [-0.1, -0.05) is 19.4 Å². The predicted octanol–water partition coefficient (Wildman–Crippen LogP) is 2.17. The van der Waals surface area contributed by atoms with Gasteiger partial charge in [0.2, 0.25) is 0 Å². The molecule has 1 atom stereocenters. The molecule has 0 aromatic rings. The Balaban J connectivity index is 3.53. The van der Waals surface area contributed by atoms with Gasteiger partial charge in [-0.15, -0.1) is 6.58 Å². The van der Waals surface area contributed by atoms with Gasteiger partial charge in [0.1, 0.15) is 0 Å². The maximum absolute atomic E-state index is 5.43. The number of nitrogens with two attached hydrogens (primary N) is 1. The molecule has 0 bridgehead atoms. The Morgan fingerprint density at radius 2 is 2.08 bits per heavy atom. The number of thioether (sulfide) groups is 1. The number of hydrazine groups is 1. The zero-order chi connectivity index (χ0) is 10.3. The lowest BCUT2D eigenvalue weighted by atomic mass is 10.1. The third kappa shape index (κ3) is 8.34. The summed E-state index contributed by atoms with van der Waals surface area (Å²) in [6.45, 7) is 10.4. The molecule has 3 N–H and O–H groups in total. The van der Waals surface area contributed by atoms with Crippen LogP contribution in [0.5, 0.6) is 0 Å². The van der Waals surface area contributed by atoms with E-state index in [0.717, 1.165) is 18.1 Å². The third-order valence-corrected chi connectivity index (χ3v) is 3.14. The van der Waals surface area contributed by atoms with E-state index in [2.05, 4.69) is 25.9 Å². The van der Waals surface area contributed by atoms with Crippen LogP contribution in [0.1, 0.15) is 27.2 Å². The van der Waals surface area contributed by atoms with Crippen molar-refractivity contribution in [2.75, 3.05) is 11.5 Å². The fourth-order valence-corrected chi connectivity index (χ4v) is 2.14. The quantitative estimate of drug-likeness (QED) is 0.377. The highest BCUT2D eigenvalue weighted by Crippen LogP contribution is 2.12. The Morgan fingerprint density at radius 3 is 2.46 bits per heavy atom. The van der Waals surface area contributed by atoms with E-state index in [0.29, 0.717) is 6.04 Å². The second kappa shape index (κ2) is 7.42. The van der Waals surface area contributed by atoms with Gasteiger partial charge in [-0.3, -0.25) is 11.3 Å². The molecular weight excluding hydrogens is 180 g/mol. The highest BCUT2D eigenvalue weighted by atomic mass is 32.2. The summed E-state index contributed by atoms with van der Waals surface area (Å²) < 4.78 is 0. The summed E-state index contributed by atoms with van der Waals surface area (Å²) in [5.41, 5.74) is 4.01. The Labute approximate surface area is 86.3 Å². The second-order valence-corrected chi connectivity index (χ2v) is 5.03. The molecule has 0 radical (unpaired) electrons. The minimum Gasteiger partial charge on any atom is -0.271 e. The molecule has 0 saturated heterocycles. The summed E-state index contributed by atoms with van der Waals surface area (Å²) in [4.78, 5) is 0. The van der Waals surface area contributed by atoms with Gasteiger partial charge in [0, 0.05) is 11.8 Å². The van der Waals surface area contributed by atoms with Crippen LogP contribution in [0.25, 0.3) is 0 Å². The third-order valence-electron chi connectivity index (χ3n) is 1.60. The van der Waals surface area contributed by atoms with Crippen LogP contribution in [0.2, 0.25) is 0 Å². The van der Waals surface area contributed by atoms with Crippen molar-refractivity contribution in [2.24, 2.45) is 11.8 Å².